The highest BCUT2D eigenvalue weighted by molar-refractivity contribution is 7.99. The molecule has 0 spiro atoms. The molecular formula is C13H17N3O3S. The Morgan fingerprint density at radius 2 is 2.30 bits per heavy atom. The number of thioether (sulfide) groups is 1. The lowest BCUT2D eigenvalue weighted by molar-refractivity contribution is -0.143. The number of hydrogen-bond donors (Lipinski definition) is 0. The van der Waals surface area contributed by atoms with Crippen molar-refractivity contribution in [3.63, 3.8) is 0 Å². The summed E-state index contributed by atoms with van der Waals surface area (Å²) in [7, 11) is 1.39. The van der Waals surface area contributed by atoms with E-state index in [4.69, 9.17) is 0 Å². The second-order valence-electron chi connectivity index (χ2n) is 4.43. The van der Waals surface area contributed by atoms with Gasteiger partial charge in [0, 0.05) is 17.7 Å². The maximum atomic E-state index is 12.0. The molecule has 1 unspecified atom stereocenters. The molecule has 6 nitrogen and oxygen atoms in total. The van der Waals surface area contributed by atoms with Crippen molar-refractivity contribution in [3.8, 4) is 0 Å². The average Bonchev–Trinajstić information content (AvgIpc) is 2.79. The van der Waals surface area contributed by atoms with Gasteiger partial charge in [0.1, 0.15) is 0 Å². The molecule has 0 saturated heterocycles. The Bertz CT molecular complexity index is 650. The smallest absolute Gasteiger partial charge is 0.350 e. The summed E-state index contributed by atoms with van der Waals surface area (Å²) in [4.78, 5) is 23.2. The minimum absolute atomic E-state index is 0.136. The van der Waals surface area contributed by atoms with Crippen LogP contribution in [-0.4, -0.2) is 38.8 Å². The van der Waals surface area contributed by atoms with E-state index in [1.807, 2.05) is 13.0 Å². The largest absolute Gasteiger partial charge is 0.469 e. The van der Waals surface area contributed by atoms with Crippen molar-refractivity contribution in [2.75, 3.05) is 18.6 Å². The van der Waals surface area contributed by atoms with Crippen molar-refractivity contribution in [2.45, 2.75) is 13.5 Å². The van der Waals surface area contributed by atoms with Crippen LogP contribution in [-0.2, 0) is 16.1 Å². The van der Waals surface area contributed by atoms with Crippen LogP contribution in [0.15, 0.2) is 29.2 Å². The third kappa shape index (κ3) is 3.22. The van der Waals surface area contributed by atoms with E-state index in [0.29, 0.717) is 17.9 Å². The van der Waals surface area contributed by atoms with Gasteiger partial charge in [0.05, 0.1) is 19.6 Å². The van der Waals surface area contributed by atoms with Crippen LogP contribution in [0.1, 0.15) is 6.92 Å². The zero-order valence-electron chi connectivity index (χ0n) is 11.5. The Morgan fingerprint density at radius 3 is 3.00 bits per heavy atom. The van der Waals surface area contributed by atoms with Crippen LogP contribution in [0.4, 0.5) is 0 Å². The molecule has 108 valence electrons. The molecule has 0 bridgehead atoms. The molecule has 0 N–H and O–H groups in total. The van der Waals surface area contributed by atoms with Gasteiger partial charge in [0.2, 0.25) is 0 Å². The Labute approximate surface area is 120 Å². The topological polar surface area (TPSA) is 65.6 Å². The number of rotatable bonds is 6. The molecule has 0 aliphatic heterocycles. The third-order valence-corrected chi connectivity index (χ3v) is 4.11. The Balaban J connectivity index is 1.89. The first-order valence-corrected chi connectivity index (χ1v) is 7.48. The molecule has 0 saturated carbocycles. The van der Waals surface area contributed by atoms with Gasteiger partial charge in [-0.15, -0.1) is 5.10 Å². The van der Waals surface area contributed by atoms with Crippen LogP contribution in [0.2, 0.25) is 0 Å². The van der Waals surface area contributed by atoms with Crippen molar-refractivity contribution >= 4 is 23.4 Å². The summed E-state index contributed by atoms with van der Waals surface area (Å²) >= 11 is 1.61. The first kappa shape index (κ1) is 14.6. The number of aryl methyl sites for hydroxylation is 1. The maximum Gasteiger partial charge on any atom is 0.350 e. The summed E-state index contributed by atoms with van der Waals surface area (Å²) in [6, 6.07) is 5.44. The summed E-state index contributed by atoms with van der Waals surface area (Å²) in [6.07, 6.45) is 1.70. The van der Waals surface area contributed by atoms with Gasteiger partial charge in [-0.1, -0.05) is 13.0 Å². The van der Waals surface area contributed by atoms with Crippen LogP contribution in [0, 0.1) is 5.92 Å². The van der Waals surface area contributed by atoms with Gasteiger partial charge >= 0.3 is 11.7 Å². The molecule has 20 heavy (non-hydrogen) atoms. The molecule has 2 rings (SSSR count). The maximum absolute atomic E-state index is 12.0. The predicted octanol–water partition coefficient (Wildman–Crippen LogP) is 1.04. The minimum atomic E-state index is -0.206. The fourth-order valence-electron chi connectivity index (χ4n) is 1.79. The van der Waals surface area contributed by atoms with Gasteiger partial charge < -0.3 is 4.74 Å². The fourth-order valence-corrected chi connectivity index (χ4v) is 2.75. The standard InChI is InChI=1S/C13H17N3O3S/c1-10(12(17)19-2)9-20-8-7-16-13(18)15-6-4-3-5-11(15)14-16/h3-6,10H,7-9H2,1-2H3. The number of pyridine rings is 1. The van der Waals surface area contributed by atoms with Gasteiger partial charge in [-0.25, -0.2) is 9.48 Å². The van der Waals surface area contributed by atoms with Crippen molar-refractivity contribution in [3.05, 3.63) is 34.9 Å². The molecule has 0 aromatic carbocycles. The molecule has 1 atom stereocenters. The second kappa shape index (κ2) is 6.60. The zero-order valence-corrected chi connectivity index (χ0v) is 12.3. The van der Waals surface area contributed by atoms with Crippen molar-refractivity contribution < 1.29 is 9.53 Å². The highest BCUT2D eigenvalue weighted by Crippen LogP contribution is 2.09. The third-order valence-electron chi connectivity index (χ3n) is 2.91. The van der Waals surface area contributed by atoms with Gasteiger partial charge in [0.25, 0.3) is 0 Å². The van der Waals surface area contributed by atoms with E-state index in [0.717, 1.165) is 5.75 Å². The Morgan fingerprint density at radius 1 is 1.50 bits per heavy atom. The summed E-state index contributed by atoms with van der Waals surface area (Å²) in [6.45, 7) is 2.36. The van der Waals surface area contributed by atoms with E-state index < -0.39 is 0 Å². The highest BCUT2D eigenvalue weighted by Gasteiger charge is 2.13. The molecule has 0 fully saturated rings. The fraction of sp³-hybridized carbons (Fsp3) is 0.462. The van der Waals surface area contributed by atoms with E-state index >= 15 is 0 Å². The van der Waals surface area contributed by atoms with Crippen molar-refractivity contribution in [1.29, 1.82) is 0 Å². The van der Waals surface area contributed by atoms with E-state index in [1.54, 1.807) is 30.1 Å². The Kier molecular flexibility index (Phi) is 4.84. The summed E-state index contributed by atoms with van der Waals surface area (Å²) in [5.41, 5.74) is 0.507. The molecule has 0 aliphatic carbocycles. The molecule has 0 amide bonds. The number of aromatic nitrogens is 3. The van der Waals surface area contributed by atoms with E-state index in [1.165, 1.54) is 16.2 Å². The zero-order chi connectivity index (χ0) is 14.5. The number of hydrogen-bond acceptors (Lipinski definition) is 5. The molecule has 2 heterocycles. The molecule has 0 aliphatic rings. The average molecular weight is 295 g/mol. The van der Waals surface area contributed by atoms with Gasteiger partial charge in [-0.05, 0) is 12.1 Å². The first-order chi connectivity index (χ1) is 9.63. The van der Waals surface area contributed by atoms with Crippen LogP contribution in [0.25, 0.3) is 5.65 Å². The van der Waals surface area contributed by atoms with Gasteiger partial charge in [0.15, 0.2) is 5.65 Å². The summed E-state index contributed by atoms with van der Waals surface area (Å²) in [5.74, 6) is 1.06. The monoisotopic (exact) mass is 295 g/mol. The van der Waals surface area contributed by atoms with E-state index in [9.17, 15) is 9.59 Å². The van der Waals surface area contributed by atoms with Gasteiger partial charge in [-0.3, -0.25) is 9.20 Å². The molecule has 2 aromatic heterocycles. The van der Waals surface area contributed by atoms with E-state index in [-0.39, 0.29) is 17.6 Å². The van der Waals surface area contributed by atoms with Crippen LogP contribution >= 0.6 is 11.8 Å². The molecule has 7 heteroatoms. The lowest BCUT2D eigenvalue weighted by Gasteiger charge is -2.07. The van der Waals surface area contributed by atoms with Crippen LogP contribution in [0.5, 0.6) is 0 Å². The Hall–Kier alpha value is -1.76. The number of carbonyl (C=O) groups excluding carboxylic acids is 1. The first-order valence-electron chi connectivity index (χ1n) is 6.33. The van der Waals surface area contributed by atoms with Crippen LogP contribution in [0.3, 0.4) is 0 Å². The highest BCUT2D eigenvalue weighted by atomic mass is 32.2. The molecule has 2 aromatic rings. The van der Waals surface area contributed by atoms with Gasteiger partial charge in [-0.2, -0.15) is 11.8 Å². The predicted molar refractivity (Wildman–Crippen MR) is 78.0 cm³/mol. The number of nitrogens with zero attached hydrogens (tertiary/aromatic N) is 3. The van der Waals surface area contributed by atoms with E-state index in [2.05, 4.69) is 9.84 Å². The lowest BCUT2D eigenvalue weighted by atomic mass is 10.2. The SMILES string of the molecule is COC(=O)C(C)CSCCn1nc2ccccn2c1=O. The summed E-state index contributed by atoms with van der Waals surface area (Å²) < 4.78 is 7.63. The lowest BCUT2D eigenvalue weighted by Crippen LogP contribution is -2.22. The normalized spacial score (nSPS) is 12.5. The number of methoxy groups -OCH3 is 1. The van der Waals surface area contributed by atoms with Crippen molar-refractivity contribution in [1.82, 2.24) is 14.2 Å². The number of ether oxygens (including phenoxy) is 1. The number of esters is 1. The minimum Gasteiger partial charge on any atom is -0.469 e. The second-order valence-corrected chi connectivity index (χ2v) is 5.58. The number of carbonyl (C=O) groups is 1. The molecular weight excluding hydrogens is 278 g/mol. The molecule has 0 radical (unpaired) electrons. The summed E-state index contributed by atoms with van der Waals surface area (Å²) in [5, 5.41) is 4.24. The number of fused-ring (bicyclic) bond motifs is 1. The quantitative estimate of drug-likeness (QED) is 0.588. The van der Waals surface area contributed by atoms with Crippen LogP contribution < -0.4 is 5.69 Å². The van der Waals surface area contributed by atoms with Crippen molar-refractivity contribution in [2.24, 2.45) is 5.92 Å².